The van der Waals surface area contributed by atoms with E-state index in [0.717, 1.165) is 0 Å². The van der Waals surface area contributed by atoms with Gasteiger partial charge in [0.1, 0.15) is 5.82 Å². The van der Waals surface area contributed by atoms with Gasteiger partial charge in [-0.15, -0.1) is 10.2 Å². The van der Waals surface area contributed by atoms with Crippen LogP contribution in [0.15, 0.2) is 28.7 Å². The highest BCUT2D eigenvalue weighted by Gasteiger charge is 2.11. The number of benzene rings is 1. The average molecular weight is 306 g/mol. The van der Waals surface area contributed by atoms with Gasteiger partial charge in [0.2, 0.25) is 11.8 Å². The fraction of sp³-hybridized carbons (Fsp3) is 0.400. The van der Waals surface area contributed by atoms with Crippen LogP contribution in [0.5, 0.6) is 0 Å². The molecule has 0 aliphatic rings. The minimum atomic E-state index is -0.317. The van der Waals surface area contributed by atoms with Crippen LogP contribution >= 0.6 is 0 Å². The molecule has 0 spiro atoms. The van der Waals surface area contributed by atoms with E-state index in [1.807, 2.05) is 13.8 Å². The molecule has 0 radical (unpaired) electrons. The third-order valence-electron chi connectivity index (χ3n) is 3.22. The van der Waals surface area contributed by atoms with Crippen LogP contribution < -0.4 is 5.32 Å². The molecule has 2 amide bonds. The van der Waals surface area contributed by atoms with Gasteiger partial charge in [0.25, 0.3) is 0 Å². The predicted molar refractivity (Wildman–Crippen MR) is 79.7 cm³/mol. The zero-order valence-corrected chi connectivity index (χ0v) is 12.7. The number of carbonyl (C=O) groups excluding carboxylic acids is 1. The van der Waals surface area contributed by atoms with Gasteiger partial charge in [-0.3, -0.25) is 0 Å². The minimum Gasteiger partial charge on any atom is -0.421 e. The summed E-state index contributed by atoms with van der Waals surface area (Å²) < 4.78 is 18.4. The van der Waals surface area contributed by atoms with Crippen LogP contribution in [0.25, 0.3) is 11.5 Å². The lowest BCUT2D eigenvalue weighted by molar-refractivity contribution is 0.203. The summed E-state index contributed by atoms with van der Waals surface area (Å²) in [5.74, 6) is 0.451. The molecule has 1 N–H and O–H groups in total. The van der Waals surface area contributed by atoms with Gasteiger partial charge < -0.3 is 14.6 Å². The predicted octanol–water partition coefficient (Wildman–Crippen LogP) is 2.47. The molecular formula is C15H19FN4O2. The molecule has 0 atom stereocenters. The highest BCUT2D eigenvalue weighted by atomic mass is 19.1. The molecule has 0 fully saturated rings. The Labute approximate surface area is 128 Å². The highest BCUT2D eigenvalue weighted by molar-refractivity contribution is 5.74. The maximum absolute atomic E-state index is 12.9. The molecule has 2 rings (SSSR count). The molecule has 0 saturated carbocycles. The molecular weight excluding hydrogens is 287 g/mol. The number of nitrogens with one attached hydrogen (secondary N) is 1. The van der Waals surface area contributed by atoms with Crippen LogP contribution in [0.2, 0.25) is 0 Å². The Kier molecular flexibility index (Phi) is 5.46. The molecule has 0 aliphatic heterocycles. The number of amides is 2. The summed E-state index contributed by atoms with van der Waals surface area (Å²) >= 11 is 0. The molecule has 22 heavy (non-hydrogen) atoms. The number of rotatable bonds is 6. The topological polar surface area (TPSA) is 71.3 Å². The smallest absolute Gasteiger partial charge is 0.317 e. The molecule has 0 aliphatic carbocycles. The van der Waals surface area contributed by atoms with Crippen molar-refractivity contribution < 1.29 is 13.6 Å². The molecule has 7 heteroatoms. The van der Waals surface area contributed by atoms with Crippen molar-refractivity contribution in [3.63, 3.8) is 0 Å². The lowest BCUT2D eigenvalue weighted by Crippen LogP contribution is -2.40. The second kappa shape index (κ2) is 7.53. The maximum atomic E-state index is 12.9. The molecule has 2 aromatic rings. The molecule has 0 bridgehead atoms. The maximum Gasteiger partial charge on any atom is 0.317 e. The van der Waals surface area contributed by atoms with Crippen molar-refractivity contribution in [2.45, 2.75) is 20.3 Å². The van der Waals surface area contributed by atoms with Gasteiger partial charge in [0, 0.05) is 31.6 Å². The molecule has 6 nitrogen and oxygen atoms in total. The summed E-state index contributed by atoms with van der Waals surface area (Å²) in [4.78, 5) is 13.5. The van der Waals surface area contributed by atoms with Gasteiger partial charge in [0.05, 0.1) is 0 Å². The minimum absolute atomic E-state index is 0.108. The van der Waals surface area contributed by atoms with E-state index in [0.29, 0.717) is 43.4 Å². The van der Waals surface area contributed by atoms with Gasteiger partial charge in [0.15, 0.2) is 0 Å². The highest BCUT2D eigenvalue weighted by Crippen LogP contribution is 2.17. The van der Waals surface area contributed by atoms with Crippen molar-refractivity contribution in [3.05, 3.63) is 36.0 Å². The van der Waals surface area contributed by atoms with Crippen molar-refractivity contribution in [1.29, 1.82) is 0 Å². The Morgan fingerprint density at radius 1 is 1.23 bits per heavy atom. The number of urea groups is 1. The third kappa shape index (κ3) is 4.03. The lowest BCUT2D eigenvalue weighted by Gasteiger charge is -2.18. The third-order valence-corrected chi connectivity index (χ3v) is 3.22. The van der Waals surface area contributed by atoms with Gasteiger partial charge in [-0.25, -0.2) is 9.18 Å². The summed E-state index contributed by atoms with van der Waals surface area (Å²) in [5.41, 5.74) is 0.660. The first-order chi connectivity index (χ1) is 10.6. The first-order valence-corrected chi connectivity index (χ1v) is 7.25. The van der Waals surface area contributed by atoms with E-state index in [4.69, 9.17) is 4.42 Å². The van der Waals surface area contributed by atoms with Crippen LogP contribution in [0, 0.1) is 5.82 Å². The second-order valence-corrected chi connectivity index (χ2v) is 4.66. The largest absolute Gasteiger partial charge is 0.421 e. The van der Waals surface area contributed by atoms with E-state index < -0.39 is 0 Å². The Hall–Kier alpha value is -2.44. The monoisotopic (exact) mass is 306 g/mol. The number of carbonyl (C=O) groups is 1. The second-order valence-electron chi connectivity index (χ2n) is 4.66. The van der Waals surface area contributed by atoms with E-state index >= 15 is 0 Å². The first-order valence-electron chi connectivity index (χ1n) is 7.25. The van der Waals surface area contributed by atoms with Crippen LogP contribution in [0.1, 0.15) is 19.7 Å². The van der Waals surface area contributed by atoms with E-state index in [1.54, 1.807) is 17.0 Å². The number of hydrogen-bond acceptors (Lipinski definition) is 4. The zero-order chi connectivity index (χ0) is 15.9. The van der Waals surface area contributed by atoms with Crippen molar-refractivity contribution in [2.75, 3.05) is 19.6 Å². The molecule has 1 aromatic heterocycles. The molecule has 1 heterocycles. The summed E-state index contributed by atoms with van der Waals surface area (Å²) in [7, 11) is 0. The van der Waals surface area contributed by atoms with Crippen molar-refractivity contribution >= 4 is 6.03 Å². The fourth-order valence-electron chi connectivity index (χ4n) is 1.96. The van der Waals surface area contributed by atoms with Gasteiger partial charge in [-0.05, 0) is 38.1 Å². The van der Waals surface area contributed by atoms with Crippen molar-refractivity contribution in [1.82, 2.24) is 20.4 Å². The molecule has 1 aromatic carbocycles. The van der Waals surface area contributed by atoms with Crippen LogP contribution in [0.3, 0.4) is 0 Å². The summed E-state index contributed by atoms with van der Waals surface area (Å²) in [6.07, 6.45) is 0.446. The summed E-state index contributed by atoms with van der Waals surface area (Å²) in [6, 6.07) is 5.72. The van der Waals surface area contributed by atoms with Gasteiger partial charge in [-0.1, -0.05) is 0 Å². The fourth-order valence-corrected chi connectivity index (χ4v) is 1.96. The first kappa shape index (κ1) is 15.9. The van der Waals surface area contributed by atoms with E-state index in [-0.39, 0.29) is 11.8 Å². The van der Waals surface area contributed by atoms with Gasteiger partial charge in [-0.2, -0.15) is 0 Å². The Balaban J connectivity index is 1.87. The quantitative estimate of drug-likeness (QED) is 0.890. The normalized spacial score (nSPS) is 10.5. The summed E-state index contributed by atoms with van der Waals surface area (Å²) in [6.45, 7) is 5.60. The van der Waals surface area contributed by atoms with Gasteiger partial charge >= 0.3 is 6.03 Å². The lowest BCUT2D eigenvalue weighted by atomic mass is 10.2. The summed E-state index contributed by atoms with van der Waals surface area (Å²) in [5, 5.41) is 10.6. The SMILES string of the molecule is CCN(CC)C(=O)NCCc1nnc(-c2ccc(F)cc2)o1. The number of halogens is 1. The Morgan fingerprint density at radius 3 is 2.55 bits per heavy atom. The van der Waals surface area contributed by atoms with Crippen LogP contribution in [-0.4, -0.2) is 40.8 Å². The van der Waals surface area contributed by atoms with E-state index in [1.165, 1.54) is 12.1 Å². The number of aromatic nitrogens is 2. The van der Waals surface area contributed by atoms with Crippen molar-refractivity contribution in [2.24, 2.45) is 0 Å². The zero-order valence-electron chi connectivity index (χ0n) is 12.7. The standard InChI is InChI=1S/C15H19FN4O2/c1-3-20(4-2)15(21)17-10-9-13-18-19-14(22-13)11-5-7-12(16)8-6-11/h5-8H,3-4,9-10H2,1-2H3,(H,17,21). The number of hydrogen-bond donors (Lipinski definition) is 1. The Morgan fingerprint density at radius 2 is 1.91 bits per heavy atom. The molecule has 118 valence electrons. The van der Waals surface area contributed by atoms with Crippen LogP contribution in [0.4, 0.5) is 9.18 Å². The van der Waals surface area contributed by atoms with Crippen LogP contribution in [-0.2, 0) is 6.42 Å². The number of nitrogens with zero attached hydrogens (tertiary/aromatic N) is 3. The van der Waals surface area contributed by atoms with E-state index in [9.17, 15) is 9.18 Å². The van der Waals surface area contributed by atoms with E-state index in [2.05, 4.69) is 15.5 Å². The Bertz CT molecular complexity index is 608. The molecule has 0 unspecified atom stereocenters. The van der Waals surface area contributed by atoms with Crippen molar-refractivity contribution in [3.8, 4) is 11.5 Å². The molecule has 0 saturated heterocycles. The average Bonchev–Trinajstić information content (AvgIpc) is 2.98.